The lowest BCUT2D eigenvalue weighted by Gasteiger charge is -2.09. The summed E-state index contributed by atoms with van der Waals surface area (Å²) < 4.78 is 5.14. The molecule has 0 aliphatic carbocycles. The van der Waals surface area contributed by atoms with E-state index in [9.17, 15) is 9.90 Å². The molecule has 29 heavy (non-hydrogen) atoms. The van der Waals surface area contributed by atoms with Crippen molar-refractivity contribution in [3.05, 3.63) is 71.8 Å². The summed E-state index contributed by atoms with van der Waals surface area (Å²) in [7, 11) is 3.40. The van der Waals surface area contributed by atoms with Gasteiger partial charge in [0.15, 0.2) is 0 Å². The van der Waals surface area contributed by atoms with E-state index in [2.05, 4.69) is 5.32 Å². The van der Waals surface area contributed by atoms with Crippen LogP contribution in [0.1, 0.15) is 30.1 Å². The fraction of sp³-hybridized carbons (Fsp3) is 0.261. The second-order valence-electron chi connectivity index (χ2n) is 6.70. The predicted molar refractivity (Wildman–Crippen MR) is 114 cm³/mol. The van der Waals surface area contributed by atoms with E-state index in [0.717, 1.165) is 27.6 Å². The molecule has 3 aromatic carbocycles. The van der Waals surface area contributed by atoms with Gasteiger partial charge in [-0.05, 0) is 60.1 Å². The Bertz CT molecular complexity index is 957. The SMILES string of the molecule is CNC[C@H](O)c1cccc(O)c1.COc1ccc2cc([C@H](C)C(=O)O)ccc2c1. The van der Waals surface area contributed by atoms with E-state index >= 15 is 0 Å². The van der Waals surface area contributed by atoms with Gasteiger partial charge in [-0.2, -0.15) is 0 Å². The third-order valence-electron chi connectivity index (χ3n) is 4.59. The molecule has 3 rings (SSSR count). The van der Waals surface area contributed by atoms with Crippen molar-refractivity contribution in [1.82, 2.24) is 5.32 Å². The molecule has 0 heterocycles. The fourth-order valence-corrected chi connectivity index (χ4v) is 2.82. The molecule has 0 saturated heterocycles. The molecule has 0 aromatic heterocycles. The molecule has 2 atom stereocenters. The van der Waals surface area contributed by atoms with E-state index < -0.39 is 18.0 Å². The second kappa shape index (κ2) is 10.5. The van der Waals surface area contributed by atoms with E-state index in [4.69, 9.17) is 14.9 Å². The Morgan fingerprint density at radius 3 is 2.34 bits per heavy atom. The van der Waals surface area contributed by atoms with Gasteiger partial charge in [0.2, 0.25) is 0 Å². The largest absolute Gasteiger partial charge is 0.508 e. The lowest BCUT2D eigenvalue weighted by Crippen LogP contribution is -2.16. The molecular weight excluding hydrogens is 370 g/mol. The fourth-order valence-electron chi connectivity index (χ4n) is 2.82. The number of fused-ring (bicyclic) bond motifs is 1. The van der Waals surface area contributed by atoms with E-state index in [1.807, 2.05) is 36.4 Å². The number of rotatable bonds is 6. The smallest absolute Gasteiger partial charge is 0.310 e. The highest BCUT2D eigenvalue weighted by molar-refractivity contribution is 5.86. The number of ether oxygens (including phenoxy) is 1. The molecule has 0 aliphatic rings. The van der Waals surface area contributed by atoms with Crippen molar-refractivity contribution in [2.24, 2.45) is 0 Å². The first kappa shape index (κ1) is 22.2. The highest BCUT2D eigenvalue weighted by atomic mass is 16.5. The molecule has 0 fully saturated rings. The summed E-state index contributed by atoms with van der Waals surface area (Å²) in [4.78, 5) is 10.9. The molecule has 6 heteroatoms. The Balaban J connectivity index is 0.000000221. The van der Waals surface area contributed by atoms with E-state index in [1.54, 1.807) is 45.3 Å². The van der Waals surface area contributed by atoms with Crippen LogP contribution in [0.5, 0.6) is 11.5 Å². The average Bonchev–Trinajstić information content (AvgIpc) is 2.73. The van der Waals surface area contributed by atoms with E-state index in [-0.39, 0.29) is 5.75 Å². The number of benzene rings is 3. The van der Waals surface area contributed by atoms with Gasteiger partial charge in [-0.1, -0.05) is 36.4 Å². The van der Waals surface area contributed by atoms with Crippen LogP contribution in [-0.2, 0) is 4.79 Å². The van der Waals surface area contributed by atoms with Gasteiger partial charge in [0, 0.05) is 6.54 Å². The van der Waals surface area contributed by atoms with Crippen LogP contribution in [0, 0.1) is 0 Å². The first-order valence-corrected chi connectivity index (χ1v) is 9.27. The number of aliphatic hydroxyl groups excluding tert-OH is 1. The molecule has 154 valence electrons. The van der Waals surface area contributed by atoms with Crippen LogP contribution in [0.25, 0.3) is 10.8 Å². The van der Waals surface area contributed by atoms with Crippen LogP contribution in [0.3, 0.4) is 0 Å². The number of phenols is 1. The molecule has 0 aliphatic heterocycles. The van der Waals surface area contributed by atoms with Crippen molar-refractivity contribution in [2.75, 3.05) is 20.7 Å². The zero-order valence-corrected chi connectivity index (χ0v) is 16.8. The number of methoxy groups -OCH3 is 1. The Morgan fingerprint density at radius 2 is 1.72 bits per heavy atom. The number of aromatic hydroxyl groups is 1. The minimum Gasteiger partial charge on any atom is -0.508 e. The third-order valence-corrected chi connectivity index (χ3v) is 4.59. The standard InChI is InChI=1S/C14H14O3.C9H13NO2/c1-9(14(15)16)10-3-4-12-8-13(17-2)6-5-11(12)7-10;1-10-6-9(12)7-3-2-4-8(11)5-7/h3-9H,1-2H3,(H,15,16);2-5,9-12H,6H2,1H3/t2*9-/m00/s1. The van der Waals surface area contributed by atoms with E-state index in [0.29, 0.717) is 6.54 Å². The molecule has 0 unspecified atom stereocenters. The van der Waals surface area contributed by atoms with Gasteiger partial charge in [-0.25, -0.2) is 0 Å². The number of phenolic OH excluding ortho intramolecular Hbond substituents is 1. The average molecular weight is 397 g/mol. The topological polar surface area (TPSA) is 99.0 Å². The summed E-state index contributed by atoms with van der Waals surface area (Å²) in [5, 5.41) is 32.5. The van der Waals surface area contributed by atoms with Crippen molar-refractivity contribution < 1.29 is 24.9 Å². The second-order valence-corrected chi connectivity index (χ2v) is 6.70. The van der Waals surface area contributed by atoms with Crippen LogP contribution in [0.15, 0.2) is 60.7 Å². The highest BCUT2D eigenvalue weighted by Gasteiger charge is 2.13. The minimum absolute atomic E-state index is 0.183. The number of hydrogen-bond donors (Lipinski definition) is 4. The van der Waals surface area contributed by atoms with Gasteiger partial charge < -0.3 is 25.4 Å². The summed E-state index contributed by atoms with van der Waals surface area (Å²) in [6.07, 6.45) is -0.554. The van der Waals surface area contributed by atoms with Crippen molar-refractivity contribution >= 4 is 16.7 Å². The van der Waals surface area contributed by atoms with Gasteiger partial charge in [-0.15, -0.1) is 0 Å². The molecule has 0 bridgehead atoms. The molecule has 0 radical (unpaired) electrons. The van der Waals surface area contributed by atoms with Crippen molar-refractivity contribution in [3.8, 4) is 11.5 Å². The zero-order chi connectivity index (χ0) is 21.4. The van der Waals surface area contributed by atoms with Crippen LogP contribution >= 0.6 is 0 Å². The Hall–Kier alpha value is -3.09. The minimum atomic E-state index is -0.808. The Labute approximate surface area is 170 Å². The summed E-state index contributed by atoms with van der Waals surface area (Å²) in [6.45, 7) is 2.18. The van der Waals surface area contributed by atoms with Crippen molar-refractivity contribution in [2.45, 2.75) is 18.9 Å². The molecular formula is C23H27NO5. The summed E-state index contributed by atoms with van der Waals surface area (Å²) in [6, 6.07) is 18.1. The monoisotopic (exact) mass is 397 g/mol. The number of carboxylic acid groups (broad SMARTS) is 1. The maximum Gasteiger partial charge on any atom is 0.310 e. The number of aliphatic carboxylic acids is 1. The van der Waals surface area contributed by atoms with Crippen LogP contribution in [0.2, 0.25) is 0 Å². The highest BCUT2D eigenvalue weighted by Crippen LogP contribution is 2.25. The number of hydrogen-bond acceptors (Lipinski definition) is 5. The van der Waals surface area contributed by atoms with Crippen LogP contribution in [-0.4, -0.2) is 42.0 Å². The summed E-state index contributed by atoms with van der Waals surface area (Å²) in [5.41, 5.74) is 1.54. The lowest BCUT2D eigenvalue weighted by molar-refractivity contribution is -0.138. The van der Waals surface area contributed by atoms with Gasteiger partial charge in [0.05, 0.1) is 19.1 Å². The number of nitrogens with one attached hydrogen (secondary N) is 1. The first-order valence-electron chi connectivity index (χ1n) is 9.27. The number of carboxylic acids is 1. The molecule has 0 amide bonds. The molecule has 0 saturated carbocycles. The van der Waals surface area contributed by atoms with Gasteiger partial charge in [0.25, 0.3) is 0 Å². The van der Waals surface area contributed by atoms with Crippen molar-refractivity contribution in [1.29, 1.82) is 0 Å². The lowest BCUT2D eigenvalue weighted by atomic mass is 9.98. The number of aliphatic hydroxyl groups is 1. The van der Waals surface area contributed by atoms with Gasteiger partial charge >= 0.3 is 5.97 Å². The first-order chi connectivity index (χ1) is 13.8. The predicted octanol–water partition coefficient (Wildman–Crippen LogP) is 3.68. The molecule has 0 spiro atoms. The normalized spacial score (nSPS) is 12.6. The van der Waals surface area contributed by atoms with Gasteiger partial charge in [-0.3, -0.25) is 4.79 Å². The van der Waals surface area contributed by atoms with Crippen molar-refractivity contribution in [3.63, 3.8) is 0 Å². The Morgan fingerprint density at radius 1 is 1.03 bits per heavy atom. The maximum atomic E-state index is 10.9. The molecule has 3 aromatic rings. The molecule has 4 N–H and O–H groups in total. The van der Waals surface area contributed by atoms with Crippen LogP contribution in [0.4, 0.5) is 0 Å². The van der Waals surface area contributed by atoms with E-state index in [1.165, 1.54) is 0 Å². The third kappa shape index (κ3) is 6.20. The zero-order valence-electron chi connectivity index (χ0n) is 16.8. The maximum absolute atomic E-state index is 10.9. The quantitative estimate of drug-likeness (QED) is 0.506. The number of carbonyl (C=O) groups is 1. The number of likely N-dealkylation sites (N-methyl/N-ethyl adjacent to an activating group) is 1. The Kier molecular flexibility index (Phi) is 8.00. The molecule has 6 nitrogen and oxygen atoms in total. The summed E-state index contributed by atoms with van der Waals surface area (Å²) in [5.74, 6) is -0.307. The van der Waals surface area contributed by atoms with Gasteiger partial charge in [0.1, 0.15) is 11.5 Å². The van der Waals surface area contributed by atoms with Crippen LogP contribution < -0.4 is 10.1 Å². The summed E-state index contributed by atoms with van der Waals surface area (Å²) >= 11 is 0.